The van der Waals surface area contributed by atoms with Crippen LogP contribution in [0.25, 0.3) is 0 Å². The highest BCUT2D eigenvalue weighted by atomic mass is 16.5. The Morgan fingerprint density at radius 1 is 1.25 bits per heavy atom. The third-order valence-electron chi connectivity index (χ3n) is 5.21. The molecule has 1 aromatic carbocycles. The number of ether oxygens (including phenoxy) is 3. The summed E-state index contributed by atoms with van der Waals surface area (Å²) in [7, 11) is 1.67. The summed E-state index contributed by atoms with van der Waals surface area (Å²) in [5.74, 6) is 0.341. The van der Waals surface area contributed by atoms with Crippen molar-refractivity contribution in [2.45, 2.75) is 38.3 Å². The van der Waals surface area contributed by atoms with Crippen molar-refractivity contribution in [1.82, 2.24) is 0 Å². The van der Waals surface area contributed by atoms with E-state index in [4.69, 9.17) is 19.2 Å². The normalized spacial score (nSPS) is 23.5. The molecule has 3 aliphatic heterocycles. The fourth-order valence-corrected chi connectivity index (χ4v) is 3.97. The number of fused-ring (bicyclic) bond motifs is 2. The summed E-state index contributed by atoms with van der Waals surface area (Å²) in [4.78, 5) is 16.7. The predicted molar refractivity (Wildman–Crippen MR) is 89.3 cm³/mol. The van der Waals surface area contributed by atoms with Crippen molar-refractivity contribution >= 4 is 11.7 Å². The van der Waals surface area contributed by atoms with Crippen LogP contribution < -0.4 is 0 Å². The lowest BCUT2D eigenvalue weighted by molar-refractivity contribution is -0.151. The topological polar surface area (TPSA) is 57.1 Å². The van der Waals surface area contributed by atoms with Gasteiger partial charge in [-0.1, -0.05) is 6.07 Å². The molecule has 5 heteroatoms. The summed E-state index contributed by atoms with van der Waals surface area (Å²) >= 11 is 0. The van der Waals surface area contributed by atoms with Crippen molar-refractivity contribution in [1.29, 1.82) is 0 Å². The second kappa shape index (κ2) is 6.65. The van der Waals surface area contributed by atoms with Gasteiger partial charge in [-0.3, -0.25) is 9.79 Å². The van der Waals surface area contributed by atoms with Crippen molar-refractivity contribution in [2.75, 3.05) is 26.9 Å². The van der Waals surface area contributed by atoms with Crippen molar-refractivity contribution in [3.63, 3.8) is 0 Å². The molecule has 1 fully saturated rings. The third-order valence-corrected chi connectivity index (χ3v) is 5.21. The van der Waals surface area contributed by atoms with Gasteiger partial charge in [-0.2, -0.15) is 0 Å². The van der Waals surface area contributed by atoms with Crippen molar-refractivity contribution in [3.8, 4) is 0 Å². The number of cyclic esters (lactones) is 1. The number of benzene rings is 1. The molecule has 1 atom stereocenters. The Hall–Kier alpha value is -1.72. The SMILES string of the molecule is COCCC1OC(=O)Cc2cc3c(cc21)C(C1CCOCC1)=NC3. The first-order valence-electron chi connectivity index (χ1n) is 8.73. The highest BCUT2D eigenvalue weighted by molar-refractivity contribution is 6.05. The Bertz CT molecular complexity index is 676. The predicted octanol–water partition coefficient (Wildman–Crippen LogP) is 2.59. The maximum atomic E-state index is 11.9. The molecule has 4 rings (SSSR count). The maximum absolute atomic E-state index is 11.9. The van der Waals surface area contributed by atoms with Gasteiger partial charge in [-0.15, -0.1) is 0 Å². The molecule has 0 aromatic heterocycles. The van der Waals surface area contributed by atoms with Gasteiger partial charge in [0.15, 0.2) is 0 Å². The van der Waals surface area contributed by atoms with Gasteiger partial charge in [-0.25, -0.2) is 0 Å². The molecule has 0 radical (unpaired) electrons. The Morgan fingerprint density at radius 3 is 2.88 bits per heavy atom. The van der Waals surface area contributed by atoms with Gasteiger partial charge < -0.3 is 14.2 Å². The lowest BCUT2D eigenvalue weighted by atomic mass is 9.85. The number of hydrogen-bond acceptors (Lipinski definition) is 5. The van der Waals surface area contributed by atoms with Gasteiger partial charge in [-0.05, 0) is 35.6 Å². The standard InChI is InChI=1S/C19H23NO4/c1-22-5-4-17-15-10-16-14(8-13(15)9-18(21)24-17)11-20-19(16)12-2-6-23-7-3-12/h8,10,12,17H,2-7,9,11H2,1H3. The molecular formula is C19H23NO4. The summed E-state index contributed by atoms with van der Waals surface area (Å²) in [5, 5.41) is 0. The fraction of sp³-hybridized carbons (Fsp3) is 0.579. The van der Waals surface area contributed by atoms with Crippen LogP contribution in [0, 0.1) is 5.92 Å². The highest BCUT2D eigenvalue weighted by Crippen LogP contribution is 2.36. The molecular weight excluding hydrogens is 306 g/mol. The minimum absolute atomic E-state index is 0.146. The summed E-state index contributed by atoms with van der Waals surface area (Å²) in [5.41, 5.74) is 5.94. The highest BCUT2D eigenvalue weighted by Gasteiger charge is 2.31. The summed E-state index contributed by atoms with van der Waals surface area (Å²) < 4.78 is 16.2. The molecule has 5 nitrogen and oxygen atoms in total. The third kappa shape index (κ3) is 2.87. The number of nitrogens with zero attached hydrogens (tertiary/aromatic N) is 1. The average Bonchev–Trinajstić information content (AvgIpc) is 3.01. The molecule has 3 heterocycles. The van der Waals surface area contributed by atoms with Gasteiger partial charge in [0, 0.05) is 43.9 Å². The Morgan fingerprint density at radius 2 is 2.08 bits per heavy atom. The summed E-state index contributed by atoms with van der Waals surface area (Å²) in [6, 6.07) is 4.39. The van der Waals surface area contributed by atoms with E-state index in [0.717, 1.165) is 43.7 Å². The molecule has 0 aliphatic carbocycles. The van der Waals surface area contributed by atoms with Gasteiger partial charge >= 0.3 is 5.97 Å². The number of carbonyl (C=O) groups excluding carboxylic acids is 1. The second-order valence-corrected chi connectivity index (χ2v) is 6.73. The van der Waals surface area contributed by atoms with Crippen LogP contribution in [0.4, 0.5) is 0 Å². The van der Waals surface area contributed by atoms with Crippen LogP contribution in [0.3, 0.4) is 0 Å². The number of carbonyl (C=O) groups is 1. The largest absolute Gasteiger partial charge is 0.457 e. The first-order chi connectivity index (χ1) is 11.8. The zero-order chi connectivity index (χ0) is 16.5. The summed E-state index contributed by atoms with van der Waals surface area (Å²) in [6.45, 7) is 2.94. The molecule has 0 saturated carbocycles. The van der Waals surface area contributed by atoms with Crippen molar-refractivity contribution < 1.29 is 19.0 Å². The van der Waals surface area contributed by atoms with E-state index in [9.17, 15) is 4.79 Å². The molecule has 3 aliphatic rings. The van der Waals surface area contributed by atoms with Crippen LogP contribution in [-0.2, 0) is 32.0 Å². The van der Waals surface area contributed by atoms with Gasteiger partial charge in [0.05, 0.1) is 19.6 Å². The summed E-state index contributed by atoms with van der Waals surface area (Å²) in [6.07, 6.45) is 2.92. The number of aliphatic imine (C=N–C) groups is 1. The molecule has 128 valence electrons. The molecule has 1 saturated heterocycles. The minimum Gasteiger partial charge on any atom is -0.457 e. The van der Waals surface area contributed by atoms with Gasteiger partial charge in [0.25, 0.3) is 0 Å². The first kappa shape index (κ1) is 15.8. The zero-order valence-electron chi connectivity index (χ0n) is 14.0. The molecule has 24 heavy (non-hydrogen) atoms. The van der Waals surface area contributed by atoms with Crippen molar-refractivity contribution in [3.05, 3.63) is 34.4 Å². The van der Waals surface area contributed by atoms with Crippen LogP contribution in [0.2, 0.25) is 0 Å². The van der Waals surface area contributed by atoms with E-state index in [1.165, 1.54) is 16.8 Å². The molecule has 1 aromatic rings. The van der Waals surface area contributed by atoms with Crippen LogP contribution >= 0.6 is 0 Å². The van der Waals surface area contributed by atoms with Crippen LogP contribution in [0.5, 0.6) is 0 Å². The number of hydrogen-bond donors (Lipinski definition) is 0. The Labute approximate surface area is 142 Å². The van der Waals surface area contributed by atoms with Crippen molar-refractivity contribution in [2.24, 2.45) is 10.9 Å². The van der Waals surface area contributed by atoms with Gasteiger partial charge in [0.1, 0.15) is 6.10 Å². The van der Waals surface area contributed by atoms with Crippen LogP contribution in [0.1, 0.15) is 47.6 Å². The van der Waals surface area contributed by atoms with E-state index in [-0.39, 0.29) is 12.1 Å². The van der Waals surface area contributed by atoms with Crippen LogP contribution in [-0.4, -0.2) is 38.6 Å². The zero-order valence-corrected chi connectivity index (χ0v) is 14.0. The molecule has 0 spiro atoms. The monoisotopic (exact) mass is 329 g/mol. The first-order valence-corrected chi connectivity index (χ1v) is 8.73. The lowest BCUT2D eigenvalue weighted by Gasteiger charge is -2.27. The molecule has 0 bridgehead atoms. The van der Waals surface area contributed by atoms with Gasteiger partial charge in [0.2, 0.25) is 0 Å². The molecule has 0 amide bonds. The average molecular weight is 329 g/mol. The minimum atomic E-state index is -0.206. The number of rotatable bonds is 4. The maximum Gasteiger partial charge on any atom is 0.310 e. The van der Waals surface area contributed by atoms with E-state index < -0.39 is 0 Å². The smallest absolute Gasteiger partial charge is 0.310 e. The van der Waals surface area contributed by atoms with E-state index >= 15 is 0 Å². The number of methoxy groups -OCH3 is 1. The van der Waals surface area contributed by atoms with E-state index in [0.29, 0.717) is 25.4 Å². The second-order valence-electron chi connectivity index (χ2n) is 6.73. The molecule has 1 unspecified atom stereocenters. The Kier molecular flexibility index (Phi) is 4.37. The lowest BCUT2D eigenvalue weighted by Crippen LogP contribution is -2.25. The fourth-order valence-electron chi connectivity index (χ4n) is 3.97. The van der Waals surface area contributed by atoms with Crippen LogP contribution in [0.15, 0.2) is 17.1 Å². The quantitative estimate of drug-likeness (QED) is 0.797. The van der Waals surface area contributed by atoms with E-state index in [2.05, 4.69) is 12.1 Å². The molecule has 0 N–H and O–H groups in total. The van der Waals surface area contributed by atoms with E-state index in [1.54, 1.807) is 7.11 Å². The Balaban J connectivity index is 1.66. The number of esters is 1. The van der Waals surface area contributed by atoms with E-state index in [1.807, 2.05) is 0 Å².